The minimum atomic E-state index is -3.38. The Bertz CT molecular complexity index is 519. The van der Waals surface area contributed by atoms with E-state index >= 15 is 0 Å². The van der Waals surface area contributed by atoms with E-state index < -0.39 is 10.0 Å². The Morgan fingerprint density at radius 3 is 2.72 bits per heavy atom. The van der Waals surface area contributed by atoms with Gasteiger partial charge in [0.05, 0.1) is 0 Å². The van der Waals surface area contributed by atoms with Crippen molar-refractivity contribution in [3.8, 4) is 0 Å². The first-order chi connectivity index (χ1) is 8.35. The van der Waals surface area contributed by atoms with E-state index in [0.717, 1.165) is 11.3 Å². The van der Waals surface area contributed by atoms with Gasteiger partial charge >= 0.3 is 0 Å². The fourth-order valence-electron chi connectivity index (χ4n) is 1.95. The van der Waals surface area contributed by atoms with E-state index in [1.165, 1.54) is 11.3 Å². The van der Waals surface area contributed by atoms with E-state index in [2.05, 4.69) is 18.6 Å². The van der Waals surface area contributed by atoms with E-state index in [-0.39, 0.29) is 12.0 Å². The molecule has 0 amide bonds. The molecule has 0 spiro atoms. The fraction of sp³-hybridized carbons (Fsp3) is 0.667. The van der Waals surface area contributed by atoms with Crippen molar-refractivity contribution in [2.75, 3.05) is 13.2 Å². The summed E-state index contributed by atoms with van der Waals surface area (Å²) >= 11 is 1.23. The molecule has 1 aliphatic carbocycles. The first-order valence-corrected chi connectivity index (χ1v) is 8.34. The molecule has 102 valence electrons. The Labute approximate surface area is 112 Å². The van der Waals surface area contributed by atoms with Crippen molar-refractivity contribution in [1.29, 1.82) is 0 Å². The van der Waals surface area contributed by atoms with Crippen LogP contribution in [-0.4, -0.2) is 26.7 Å². The second-order valence-electron chi connectivity index (χ2n) is 5.44. The Balaban J connectivity index is 1.97. The molecule has 1 aromatic rings. The molecule has 1 unspecified atom stereocenters. The largest absolute Gasteiger partial charge is 0.396 e. The predicted octanol–water partition coefficient (Wildman–Crippen LogP) is 1.61. The van der Waals surface area contributed by atoms with E-state index in [1.54, 1.807) is 12.1 Å². The average Bonchev–Trinajstić information content (AvgIpc) is 2.71. The quantitative estimate of drug-likeness (QED) is 0.836. The monoisotopic (exact) mass is 289 g/mol. The minimum Gasteiger partial charge on any atom is -0.396 e. The van der Waals surface area contributed by atoms with E-state index in [9.17, 15) is 8.42 Å². The summed E-state index contributed by atoms with van der Waals surface area (Å²) in [5.74, 6) is 0.448. The van der Waals surface area contributed by atoms with Gasteiger partial charge < -0.3 is 5.11 Å². The minimum absolute atomic E-state index is 0.0453. The molecular weight excluding hydrogens is 270 g/mol. The van der Waals surface area contributed by atoms with Gasteiger partial charge in [0.2, 0.25) is 10.0 Å². The number of aliphatic hydroxyl groups is 1. The number of aliphatic hydroxyl groups excluding tert-OH is 1. The molecule has 2 N–H and O–H groups in total. The third-order valence-electron chi connectivity index (χ3n) is 3.50. The molecule has 1 aromatic heterocycles. The third kappa shape index (κ3) is 3.12. The lowest BCUT2D eigenvalue weighted by molar-refractivity contribution is 0.300. The first kappa shape index (κ1) is 14.0. The highest BCUT2D eigenvalue weighted by atomic mass is 32.2. The normalized spacial score (nSPS) is 22.1. The van der Waals surface area contributed by atoms with Crippen molar-refractivity contribution in [3.05, 3.63) is 17.0 Å². The molecule has 0 aromatic carbocycles. The van der Waals surface area contributed by atoms with Gasteiger partial charge in [-0.1, -0.05) is 13.8 Å². The van der Waals surface area contributed by atoms with Gasteiger partial charge in [0.15, 0.2) is 0 Å². The highest BCUT2D eigenvalue weighted by Gasteiger charge is 2.45. The van der Waals surface area contributed by atoms with Crippen molar-refractivity contribution >= 4 is 21.4 Å². The average molecular weight is 289 g/mol. The molecule has 1 heterocycles. The number of thiophene rings is 1. The van der Waals surface area contributed by atoms with Gasteiger partial charge in [-0.15, -0.1) is 11.3 Å². The predicted molar refractivity (Wildman–Crippen MR) is 72.2 cm³/mol. The third-order valence-corrected chi connectivity index (χ3v) is 6.56. The first-order valence-electron chi connectivity index (χ1n) is 6.04. The Kier molecular flexibility index (Phi) is 3.82. The summed E-state index contributed by atoms with van der Waals surface area (Å²) in [6, 6.07) is 3.37. The van der Waals surface area contributed by atoms with Crippen molar-refractivity contribution < 1.29 is 13.5 Å². The topological polar surface area (TPSA) is 66.4 Å². The molecule has 2 rings (SSSR count). The molecular formula is C12H19NO3S2. The summed E-state index contributed by atoms with van der Waals surface area (Å²) < 4.78 is 27.1. The van der Waals surface area contributed by atoms with Crippen LogP contribution in [0.2, 0.25) is 0 Å². The number of sulfonamides is 1. The summed E-state index contributed by atoms with van der Waals surface area (Å²) in [4.78, 5) is 0.893. The number of hydrogen-bond donors (Lipinski definition) is 2. The van der Waals surface area contributed by atoms with Crippen LogP contribution in [-0.2, 0) is 16.4 Å². The van der Waals surface area contributed by atoms with Crippen LogP contribution < -0.4 is 4.72 Å². The second kappa shape index (κ2) is 4.92. The molecule has 0 aliphatic heterocycles. The van der Waals surface area contributed by atoms with Crippen LogP contribution in [0.4, 0.5) is 0 Å². The highest BCUT2D eigenvalue weighted by molar-refractivity contribution is 7.91. The molecule has 4 nitrogen and oxygen atoms in total. The number of hydrogen-bond acceptors (Lipinski definition) is 4. The molecule has 1 atom stereocenters. The molecule has 6 heteroatoms. The van der Waals surface area contributed by atoms with Crippen LogP contribution in [0.15, 0.2) is 16.3 Å². The summed E-state index contributed by atoms with van der Waals surface area (Å²) in [5.41, 5.74) is 0.278. The fourth-order valence-corrected chi connectivity index (χ4v) is 4.42. The summed E-state index contributed by atoms with van der Waals surface area (Å²) in [5, 5.41) is 8.82. The van der Waals surface area contributed by atoms with Crippen LogP contribution in [0.3, 0.4) is 0 Å². The van der Waals surface area contributed by atoms with Gasteiger partial charge in [-0.25, -0.2) is 13.1 Å². The SMILES string of the molecule is CC1(C)CC1CNS(=O)(=O)c1ccc(CCO)s1. The maximum atomic E-state index is 12.0. The van der Waals surface area contributed by atoms with Crippen LogP contribution >= 0.6 is 11.3 Å². The molecule has 1 fully saturated rings. The summed E-state index contributed by atoms with van der Waals surface area (Å²) in [6.07, 6.45) is 1.59. The Hall–Kier alpha value is -0.430. The maximum absolute atomic E-state index is 12.0. The van der Waals surface area contributed by atoms with Crippen molar-refractivity contribution in [3.63, 3.8) is 0 Å². The molecule has 1 aliphatic rings. The van der Waals surface area contributed by atoms with Crippen LogP contribution in [0.25, 0.3) is 0 Å². The summed E-state index contributed by atoms with van der Waals surface area (Å²) in [7, 11) is -3.38. The van der Waals surface area contributed by atoms with Crippen LogP contribution in [0.1, 0.15) is 25.1 Å². The Morgan fingerprint density at radius 2 is 2.17 bits per heavy atom. The van der Waals surface area contributed by atoms with Crippen LogP contribution in [0, 0.1) is 11.3 Å². The van der Waals surface area contributed by atoms with Gasteiger partial charge in [0, 0.05) is 24.4 Å². The lowest BCUT2D eigenvalue weighted by atomic mass is 10.1. The molecule has 18 heavy (non-hydrogen) atoms. The molecule has 0 bridgehead atoms. The Morgan fingerprint density at radius 1 is 1.50 bits per heavy atom. The van der Waals surface area contributed by atoms with Gasteiger partial charge in [-0.2, -0.15) is 0 Å². The lowest BCUT2D eigenvalue weighted by Crippen LogP contribution is -2.26. The molecule has 0 radical (unpaired) electrons. The number of nitrogens with one attached hydrogen (secondary N) is 1. The van der Waals surface area contributed by atoms with Crippen molar-refractivity contribution in [2.24, 2.45) is 11.3 Å². The van der Waals surface area contributed by atoms with E-state index in [1.807, 2.05) is 0 Å². The van der Waals surface area contributed by atoms with Gasteiger partial charge in [0.25, 0.3) is 0 Å². The zero-order chi connectivity index (χ0) is 13.4. The van der Waals surface area contributed by atoms with E-state index in [0.29, 0.717) is 23.1 Å². The van der Waals surface area contributed by atoms with Gasteiger partial charge in [0.1, 0.15) is 4.21 Å². The molecule has 1 saturated carbocycles. The molecule has 0 saturated heterocycles. The van der Waals surface area contributed by atoms with Crippen molar-refractivity contribution in [1.82, 2.24) is 4.72 Å². The van der Waals surface area contributed by atoms with Gasteiger partial charge in [-0.05, 0) is 29.9 Å². The smallest absolute Gasteiger partial charge is 0.250 e. The summed E-state index contributed by atoms with van der Waals surface area (Å²) in [6.45, 7) is 4.86. The van der Waals surface area contributed by atoms with E-state index in [4.69, 9.17) is 5.11 Å². The van der Waals surface area contributed by atoms with Gasteiger partial charge in [-0.3, -0.25) is 0 Å². The standard InChI is InChI=1S/C12H19NO3S2/c1-12(2)7-9(12)8-13-18(15,16)11-4-3-10(17-11)5-6-14/h3-4,9,13-14H,5-8H2,1-2H3. The number of rotatable bonds is 6. The zero-order valence-corrected chi connectivity index (χ0v) is 12.3. The zero-order valence-electron chi connectivity index (χ0n) is 10.6. The lowest BCUT2D eigenvalue weighted by Gasteiger charge is -2.05. The highest BCUT2D eigenvalue weighted by Crippen LogP contribution is 2.51. The second-order valence-corrected chi connectivity index (χ2v) is 8.60. The van der Waals surface area contributed by atoms with Crippen LogP contribution in [0.5, 0.6) is 0 Å². The maximum Gasteiger partial charge on any atom is 0.250 e. The van der Waals surface area contributed by atoms with Crippen molar-refractivity contribution in [2.45, 2.75) is 30.9 Å².